The molecule has 0 saturated carbocycles. The molecule has 0 aliphatic rings. The molecule has 1 heterocycles. The zero-order valence-corrected chi connectivity index (χ0v) is 10.8. The molecule has 0 saturated heterocycles. The number of anilines is 2. The summed E-state index contributed by atoms with van der Waals surface area (Å²) >= 11 is 3.40. The van der Waals surface area contributed by atoms with E-state index in [9.17, 15) is 0 Å². The summed E-state index contributed by atoms with van der Waals surface area (Å²) in [7, 11) is 1.94. The van der Waals surface area contributed by atoms with E-state index >= 15 is 0 Å². The van der Waals surface area contributed by atoms with Crippen LogP contribution in [0.2, 0.25) is 0 Å². The van der Waals surface area contributed by atoms with Gasteiger partial charge in [-0.1, -0.05) is 15.9 Å². The van der Waals surface area contributed by atoms with Gasteiger partial charge >= 0.3 is 0 Å². The largest absolute Gasteiger partial charge is 0.343 e. The van der Waals surface area contributed by atoms with E-state index in [2.05, 4.69) is 27.0 Å². The molecule has 0 aliphatic heterocycles. The number of hydrogen-bond donors (Lipinski definition) is 0. The summed E-state index contributed by atoms with van der Waals surface area (Å²) in [6, 6.07) is 11.6. The van der Waals surface area contributed by atoms with E-state index in [0.29, 0.717) is 5.56 Å². The molecule has 0 bridgehead atoms. The highest BCUT2D eigenvalue weighted by Gasteiger charge is 2.06. The molecule has 17 heavy (non-hydrogen) atoms. The van der Waals surface area contributed by atoms with Gasteiger partial charge in [-0.05, 0) is 30.3 Å². The van der Waals surface area contributed by atoms with Gasteiger partial charge in [0.2, 0.25) is 0 Å². The zero-order chi connectivity index (χ0) is 12.3. The van der Waals surface area contributed by atoms with Crippen molar-refractivity contribution in [2.75, 3.05) is 11.9 Å². The van der Waals surface area contributed by atoms with Crippen LogP contribution < -0.4 is 4.90 Å². The fourth-order valence-electron chi connectivity index (χ4n) is 1.53. The molecule has 2 aromatic rings. The lowest BCUT2D eigenvalue weighted by atomic mass is 10.2. The number of nitriles is 1. The molecule has 0 N–H and O–H groups in total. The quantitative estimate of drug-likeness (QED) is 0.849. The smallest absolute Gasteiger partial charge is 0.0992 e. The first-order valence-corrected chi connectivity index (χ1v) is 5.84. The third-order valence-corrected chi connectivity index (χ3v) is 2.89. The topological polar surface area (TPSA) is 39.9 Å². The standard InChI is InChI=1S/C13H10BrN3/c1-17(12-3-2-4-16-9-12)13-6-10(8-15)5-11(14)7-13/h2-7,9H,1H3. The van der Waals surface area contributed by atoms with Crippen molar-refractivity contribution in [3.05, 3.63) is 52.8 Å². The maximum atomic E-state index is 8.94. The third kappa shape index (κ3) is 2.63. The maximum absolute atomic E-state index is 8.94. The van der Waals surface area contributed by atoms with Gasteiger partial charge in [0, 0.05) is 23.4 Å². The summed E-state index contributed by atoms with van der Waals surface area (Å²) in [6.45, 7) is 0. The van der Waals surface area contributed by atoms with Crippen LogP contribution in [0.4, 0.5) is 11.4 Å². The van der Waals surface area contributed by atoms with E-state index in [4.69, 9.17) is 5.26 Å². The van der Waals surface area contributed by atoms with E-state index < -0.39 is 0 Å². The Morgan fingerprint density at radius 2 is 2.12 bits per heavy atom. The molecule has 0 spiro atoms. The molecular formula is C13H10BrN3. The van der Waals surface area contributed by atoms with Crippen molar-refractivity contribution in [1.29, 1.82) is 5.26 Å². The number of pyridine rings is 1. The molecule has 0 aliphatic carbocycles. The van der Waals surface area contributed by atoms with Crippen LogP contribution in [-0.4, -0.2) is 12.0 Å². The summed E-state index contributed by atoms with van der Waals surface area (Å²) in [4.78, 5) is 6.06. The van der Waals surface area contributed by atoms with Crippen molar-refractivity contribution in [3.63, 3.8) is 0 Å². The summed E-state index contributed by atoms with van der Waals surface area (Å²) in [5.74, 6) is 0. The van der Waals surface area contributed by atoms with Crippen LogP contribution in [0, 0.1) is 11.3 Å². The molecule has 0 radical (unpaired) electrons. The van der Waals surface area contributed by atoms with Crippen LogP contribution in [0.5, 0.6) is 0 Å². The predicted molar refractivity (Wildman–Crippen MR) is 71.2 cm³/mol. The minimum absolute atomic E-state index is 0.630. The Morgan fingerprint density at radius 3 is 2.76 bits per heavy atom. The first-order chi connectivity index (χ1) is 8.20. The van der Waals surface area contributed by atoms with Gasteiger partial charge in [-0.15, -0.1) is 0 Å². The highest BCUT2D eigenvalue weighted by atomic mass is 79.9. The number of halogens is 1. The van der Waals surface area contributed by atoms with Gasteiger partial charge in [0.1, 0.15) is 0 Å². The fraction of sp³-hybridized carbons (Fsp3) is 0.0769. The van der Waals surface area contributed by atoms with E-state index in [1.54, 1.807) is 18.5 Å². The maximum Gasteiger partial charge on any atom is 0.0992 e. The Labute approximate surface area is 108 Å². The van der Waals surface area contributed by atoms with Crippen LogP contribution in [0.3, 0.4) is 0 Å². The second-order valence-electron chi connectivity index (χ2n) is 3.58. The van der Waals surface area contributed by atoms with Crippen LogP contribution in [-0.2, 0) is 0 Å². The van der Waals surface area contributed by atoms with Crippen molar-refractivity contribution in [1.82, 2.24) is 4.98 Å². The van der Waals surface area contributed by atoms with Gasteiger partial charge in [0.05, 0.1) is 23.5 Å². The van der Waals surface area contributed by atoms with E-state index in [0.717, 1.165) is 15.8 Å². The van der Waals surface area contributed by atoms with Crippen molar-refractivity contribution in [3.8, 4) is 6.07 Å². The second kappa shape index (κ2) is 4.98. The average Bonchev–Trinajstić information content (AvgIpc) is 2.38. The van der Waals surface area contributed by atoms with Gasteiger partial charge in [-0.25, -0.2) is 0 Å². The second-order valence-corrected chi connectivity index (χ2v) is 4.50. The van der Waals surface area contributed by atoms with Gasteiger partial charge < -0.3 is 4.90 Å². The lowest BCUT2D eigenvalue weighted by Gasteiger charge is -2.19. The minimum atomic E-state index is 0.630. The molecular weight excluding hydrogens is 278 g/mol. The molecule has 0 atom stereocenters. The molecule has 1 aromatic carbocycles. The lowest BCUT2D eigenvalue weighted by molar-refractivity contribution is 1.17. The molecule has 0 unspecified atom stereocenters. The molecule has 2 rings (SSSR count). The van der Waals surface area contributed by atoms with Gasteiger partial charge in [0.25, 0.3) is 0 Å². The number of benzene rings is 1. The first kappa shape index (κ1) is 11.6. The normalized spacial score (nSPS) is 9.71. The van der Waals surface area contributed by atoms with E-state index in [1.807, 2.05) is 36.2 Å². The Bertz CT molecular complexity index is 561. The highest BCUT2D eigenvalue weighted by Crippen LogP contribution is 2.26. The Kier molecular flexibility index (Phi) is 3.40. The summed E-state index contributed by atoms with van der Waals surface area (Å²) in [5, 5.41) is 8.94. The molecule has 84 valence electrons. The summed E-state index contributed by atoms with van der Waals surface area (Å²) < 4.78 is 0.891. The van der Waals surface area contributed by atoms with Gasteiger partial charge in [-0.2, -0.15) is 5.26 Å². The third-order valence-electron chi connectivity index (χ3n) is 2.43. The Balaban J connectivity index is 2.41. The molecule has 0 amide bonds. The molecule has 3 nitrogen and oxygen atoms in total. The number of hydrogen-bond acceptors (Lipinski definition) is 3. The van der Waals surface area contributed by atoms with Crippen LogP contribution in [0.25, 0.3) is 0 Å². The van der Waals surface area contributed by atoms with E-state index in [-0.39, 0.29) is 0 Å². The lowest BCUT2D eigenvalue weighted by Crippen LogP contribution is -2.09. The van der Waals surface area contributed by atoms with Crippen molar-refractivity contribution < 1.29 is 0 Å². The predicted octanol–water partition coefficient (Wildman–Crippen LogP) is 3.48. The van der Waals surface area contributed by atoms with Crippen molar-refractivity contribution >= 4 is 27.3 Å². The number of rotatable bonds is 2. The minimum Gasteiger partial charge on any atom is -0.343 e. The zero-order valence-electron chi connectivity index (χ0n) is 9.26. The monoisotopic (exact) mass is 287 g/mol. The summed E-state index contributed by atoms with van der Waals surface area (Å²) in [5.41, 5.74) is 2.56. The van der Waals surface area contributed by atoms with Gasteiger partial charge in [-0.3, -0.25) is 4.98 Å². The van der Waals surface area contributed by atoms with Crippen LogP contribution in [0.15, 0.2) is 47.2 Å². The number of aromatic nitrogens is 1. The molecule has 1 aromatic heterocycles. The number of nitrogens with zero attached hydrogens (tertiary/aromatic N) is 3. The van der Waals surface area contributed by atoms with Crippen LogP contribution >= 0.6 is 15.9 Å². The average molecular weight is 288 g/mol. The first-order valence-electron chi connectivity index (χ1n) is 5.05. The van der Waals surface area contributed by atoms with Crippen LogP contribution in [0.1, 0.15) is 5.56 Å². The van der Waals surface area contributed by atoms with Crippen molar-refractivity contribution in [2.24, 2.45) is 0 Å². The molecule has 0 fully saturated rings. The van der Waals surface area contributed by atoms with Gasteiger partial charge in [0.15, 0.2) is 0 Å². The van der Waals surface area contributed by atoms with E-state index in [1.165, 1.54) is 0 Å². The SMILES string of the molecule is CN(c1cccnc1)c1cc(Br)cc(C#N)c1. The fourth-order valence-corrected chi connectivity index (χ4v) is 2.01. The molecule has 4 heteroatoms. The highest BCUT2D eigenvalue weighted by molar-refractivity contribution is 9.10. The Morgan fingerprint density at radius 1 is 1.29 bits per heavy atom. The summed E-state index contributed by atoms with van der Waals surface area (Å²) in [6.07, 6.45) is 3.52. The van der Waals surface area contributed by atoms with Crippen molar-refractivity contribution in [2.45, 2.75) is 0 Å². The Hall–Kier alpha value is -1.86.